The Morgan fingerprint density at radius 2 is 1.62 bits per heavy atom. The molecule has 1 aliphatic rings. The molecular formula is C21H34. The van der Waals surface area contributed by atoms with Crippen molar-refractivity contribution in [1.82, 2.24) is 0 Å². The minimum atomic E-state index is 0.633. The van der Waals surface area contributed by atoms with Crippen LogP contribution in [0.15, 0.2) is 24.3 Å². The Balaban J connectivity index is 1.85. The van der Waals surface area contributed by atoms with Crippen LogP contribution in [-0.4, -0.2) is 0 Å². The third-order valence-corrected chi connectivity index (χ3v) is 5.57. The summed E-state index contributed by atoms with van der Waals surface area (Å²) in [6.45, 7) is 7.10. The van der Waals surface area contributed by atoms with E-state index in [0.717, 1.165) is 5.92 Å². The van der Waals surface area contributed by atoms with Crippen molar-refractivity contribution in [2.45, 2.75) is 90.9 Å². The SMILES string of the molecule is CCCCC[C@]1(C)CC[C@H](c2ccc(CCC)cc2)CC1. The Morgan fingerprint density at radius 3 is 2.19 bits per heavy atom. The molecule has 0 unspecified atom stereocenters. The summed E-state index contributed by atoms with van der Waals surface area (Å²) >= 11 is 0. The predicted octanol–water partition coefficient (Wildman–Crippen LogP) is 6.88. The van der Waals surface area contributed by atoms with Crippen molar-refractivity contribution >= 4 is 0 Å². The van der Waals surface area contributed by atoms with E-state index in [1.807, 2.05) is 0 Å². The first kappa shape index (κ1) is 16.6. The molecule has 0 amide bonds. The van der Waals surface area contributed by atoms with Crippen LogP contribution in [0.25, 0.3) is 0 Å². The molecule has 1 aliphatic carbocycles. The molecule has 118 valence electrons. The number of hydrogen-bond acceptors (Lipinski definition) is 0. The number of unbranched alkanes of at least 4 members (excludes halogenated alkanes) is 2. The average Bonchev–Trinajstić information content (AvgIpc) is 2.50. The molecule has 0 aliphatic heterocycles. The molecule has 2 rings (SSSR count). The zero-order valence-electron chi connectivity index (χ0n) is 14.5. The van der Waals surface area contributed by atoms with Crippen molar-refractivity contribution in [2.75, 3.05) is 0 Å². The van der Waals surface area contributed by atoms with Crippen LogP contribution >= 0.6 is 0 Å². The average molecular weight is 287 g/mol. The minimum Gasteiger partial charge on any atom is -0.0654 e. The summed E-state index contributed by atoms with van der Waals surface area (Å²) in [6, 6.07) is 9.51. The van der Waals surface area contributed by atoms with E-state index in [1.54, 1.807) is 5.56 Å². The molecular weight excluding hydrogens is 252 g/mol. The summed E-state index contributed by atoms with van der Waals surface area (Å²) in [5.41, 5.74) is 3.72. The zero-order chi connectivity index (χ0) is 15.1. The standard InChI is InChI=1S/C21H34/c1-4-6-7-15-21(3)16-13-20(14-17-21)19-11-9-18(8-5-2)10-12-19/h9-12,20H,4-8,13-17H2,1-3H3/t20-,21+. The molecule has 0 atom stereocenters. The minimum absolute atomic E-state index is 0.633. The Morgan fingerprint density at radius 1 is 0.952 bits per heavy atom. The molecule has 0 N–H and O–H groups in total. The molecule has 0 heteroatoms. The van der Waals surface area contributed by atoms with Gasteiger partial charge in [-0.3, -0.25) is 0 Å². The van der Waals surface area contributed by atoms with Crippen LogP contribution < -0.4 is 0 Å². The summed E-state index contributed by atoms with van der Waals surface area (Å²) in [5.74, 6) is 0.819. The highest BCUT2D eigenvalue weighted by atomic mass is 14.4. The van der Waals surface area contributed by atoms with E-state index in [1.165, 1.54) is 69.8 Å². The predicted molar refractivity (Wildman–Crippen MR) is 93.9 cm³/mol. The lowest BCUT2D eigenvalue weighted by Gasteiger charge is -2.38. The van der Waals surface area contributed by atoms with Crippen molar-refractivity contribution in [3.8, 4) is 0 Å². The smallest absolute Gasteiger partial charge is 0.0162 e. The topological polar surface area (TPSA) is 0 Å². The van der Waals surface area contributed by atoms with Gasteiger partial charge >= 0.3 is 0 Å². The number of aryl methyl sites for hydroxylation is 1. The van der Waals surface area contributed by atoms with E-state index in [9.17, 15) is 0 Å². The van der Waals surface area contributed by atoms with Crippen LogP contribution in [0.3, 0.4) is 0 Å². The zero-order valence-corrected chi connectivity index (χ0v) is 14.5. The monoisotopic (exact) mass is 286 g/mol. The highest BCUT2D eigenvalue weighted by Crippen LogP contribution is 2.45. The largest absolute Gasteiger partial charge is 0.0654 e. The van der Waals surface area contributed by atoms with Gasteiger partial charge in [0.25, 0.3) is 0 Å². The van der Waals surface area contributed by atoms with E-state index in [2.05, 4.69) is 45.0 Å². The number of benzene rings is 1. The second-order valence-corrected chi connectivity index (χ2v) is 7.53. The van der Waals surface area contributed by atoms with Crippen molar-refractivity contribution in [3.05, 3.63) is 35.4 Å². The molecule has 0 heterocycles. The van der Waals surface area contributed by atoms with E-state index < -0.39 is 0 Å². The molecule has 1 fully saturated rings. The quantitative estimate of drug-likeness (QED) is 0.479. The maximum Gasteiger partial charge on any atom is -0.0162 e. The molecule has 0 bridgehead atoms. The van der Waals surface area contributed by atoms with Gasteiger partial charge in [0.15, 0.2) is 0 Å². The van der Waals surface area contributed by atoms with E-state index >= 15 is 0 Å². The molecule has 0 spiro atoms. The van der Waals surface area contributed by atoms with Gasteiger partial charge in [-0.2, -0.15) is 0 Å². The van der Waals surface area contributed by atoms with E-state index in [-0.39, 0.29) is 0 Å². The van der Waals surface area contributed by atoms with Gasteiger partial charge < -0.3 is 0 Å². The van der Waals surface area contributed by atoms with Crippen LogP contribution in [0.5, 0.6) is 0 Å². The van der Waals surface area contributed by atoms with Crippen LogP contribution in [0.2, 0.25) is 0 Å². The fraction of sp³-hybridized carbons (Fsp3) is 0.714. The molecule has 0 aromatic heterocycles. The fourth-order valence-corrected chi connectivity index (χ4v) is 3.94. The van der Waals surface area contributed by atoms with Crippen LogP contribution in [0.1, 0.15) is 95.6 Å². The van der Waals surface area contributed by atoms with Crippen molar-refractivity contribution in [2.24, 2.45) is 5.41 Å². The molecule has 1 saturated carbocycles. The van der Waals surface area contributed by atoms with Gasteiger partial charge in [-0.05, 0) is 61.0 Å². The van der Waals surface area contributed by atoms with Crippen molar-refractivity contribution in [3.63, 3.8) is 0 Å². The second-order valence-electron chi connectivity index (χ2n) is 7.53. The third-order valence-electron chi connectivity index (χ3n) is 5.57. The molecule has 1 aromatic rings. The number of rotatable bonds is 7. The first-order valence-electron chi connectivity index (χ1n) is 9.25. The Hall–Kier alpha value is -0.780. The molecule has 21 heavy (non-hydrogen) atoms. The van der Waals surface area contributed by atoms with Gasteiger partial charge in [0, 0.05) is 0 Å². The van der Waals surface area contributed by atoms with Gasteiger partial charge in [-0.1, -0.05) is 70.7 Å². The normalized spacial score (nSPS) is 26.0. The van der Waals surface area contributed by atoms with Crippen molar-refractivity contribution in [1.29, 1.82) is 0 Å². The Bertz CT molecular complexity index is 393. The lowest BCUT2D eigenvalue weighted by molar-refractivity contribution is 0.178. The molecule has 1 aromatic carbocycles. The number of hydrogen-bond donors (Lipinski definition) is 0. The maximum atomic E-state index is 2.53. The lowest BCUT2D eigenvalue weighted by Crippen LogP contribution is -2.23. The Labute approximate surface area is 132 Å². The second kappa shape index (κ2) is 8.01. The lowest BCUT2D eigenvalue weighted by atomic mass is 9.68. The summed E-state index contributed by atoms with van der Waals surface area (Å²) < 4.78 is 0. The first-order chi connectivity index (χ1) is 10.2. The highest BCUT2D eigenvalue weighted by molar-refractivity contribution is 5.26. The highest BCUT2D eigenvalue weighted by Gasteiger charge is 2.30. The van der Waals surface area contributed by atoms with Gasteiger partial charge in [0.05, 0.1) is 0 Å². The van der Waals surface area contributed by atoms with E-state index in [4.69, 9.17) is 0 Å². The van der Waals surface area contributed by atoms with Crippen LogP contribution in [0, 0.1) is 5.41 Å². The summed E-state index contributed by atoms with van der Waals surface area (Å²) in [7, 11) is 0. The van der Waals surface area contributed by atoms with Crippen molar-refractivity contribution < 1.29 is 0 Å². The third kappa shape index (κ3) is 4.87. The van der Waals surface area contributed by atoms with Crippen LogP contribution in [-0.2, 0) is 6.42 Å². The van der Waals surface area contributed by atoms with Gasteiger partial charge in [0.2, 0.25) is 0 Å². The fourth-order valence-electron chi connectivity index (χ4n) is 3.94. The van der Waals surface area contributed by atoms with Crippen LogP contribution in [0.4, 0.5) is 0 Å². The molecule has 0 nitrogen and oxygen atoms in total. The van der Waals surface area contributed by atoms with Gasteiger partial charge in [-0.15, -0.1) is 0 Å². The Kier molecular flexibility index (Phi) is 6.33. The van der Waals surface area contributed by atoms with Gasteiger partial charge in [0.1, 0.15) is 0 Å². The van der Waals surface area contributed by atoms with Gasteiger partial charge in [-0.25, -0.2) is 0 Å². The molecule has 0 saturated heterocycles. The van der Waals surface area contributed by atoms with E-state index in [0.29, 0.717) is 5.41 Å². The summed E-state index contributed by atoms with van der Waals surface area (Å²) in [6.07, 6.45) is 13.8. The summed E-state index contributed by atoms with van der Waals surface area (Å²) in [5, 5.41) is 0. The molecule has 0 radical (unpaired) electrons. The first-order valence-corrected chi connectivity index (χ1v) is 9.25. The maximum absolute atomic E-state index is 2.53. The summed E-state index contributed by atoms with van der Waals surface area (Å²) in [4.78, 5) is 0.